The largest absolute Gasteiger partial charge is 0.390 e. The highest BCUT2D eigenvalue weighted by Crippen LogP contribution is 2.24. The SMILES string of the molecule is CNC(Cc1cc(F)cc(Br)c1)CC(F)(F)F. The highest BCUT2D eigenvalue weighted by Gasteiger charge is 2.31. The maximum absolute atomic E-state index is 13.0. The van der Waals surface area contributed by atoms with E-state index in [-0.39, 0.29) is 6.42 Å². The van der Waals surface area contributed by atoms with Crippen LogP contribution in [0, 0.1) is 5.82 Å². The van der Waals surface area contributed by atoms with Gasteiger partial charge in [-0.25, -0.2) is 4.39 Å². The Morgan fingerprint density at radius 1 is 1.29 bits per heavy atom. The van der Waals surface area contributed by atoms with Crippen LogP contribution in [0.4, 0.5) is 17.6 Å². The monoisotopic (exact) mass is 313 g/mol. The number of alkyl halides is 3. The smallest absolute Gasteiger partial charge is 0.316 e. The lowest BCUT2D eigenvalue weighted by Crippen LogP contribution is -2.32. The van der Waals surface area contributed by atoms with E-state index >= 15 is 0 Å². The van der Waals surface area contributed by atoms with Crippen molar-refractivity contribution in [3.8, 4) is 0 Å². The second kappa shape index (κ2) is 5.82. The summed E-state index contributed by atoms with van der Waals surface area (Å²) in [6, 6.07) is 3.38. The molecular weight excluding hydrogens is 302 g/mol. The zero-order valence-corrected chi connectivity index (χ0v) is 10.7. The van der Waals surface area contributed by atoms with E-state index in [1.165, 1.54) is 19.2 Å². The number of halogens is 5. The van der Waals surface area contributed by atoms with Gasteiger partial charge < -0.3 is 5.32 Å². The lowest BCUT2D eigenvalue weighted by molar-refractivity contribution is -0.139. The first kappa shape index (κ1) is 14.4. The minimum absolute atomic E-state index is 0.131. The summed E-state index contributed by atoms with van der Waals surface area (Å²) in [5.41, 5.74) is 0.528. The van der Waals surface area contributed by atoms with E-state index in [0.29, 0.717) is 10.0 Å². The third-order valence-corrected chi connectivity index (χ3v) is 2.75. The highest BCUT2D eigenvalue weighted by molar-refractivity contribution is 9.10. The standard InChI is InChI=1S/C11H12BrF4N/c1-17-10(6-11(14,15)16)4-7-2-8(12)5-9(13)3-7/h2-3,5,10,17H,4,6H2,1H3. The highest BCUT2D eigenvalue weighted by atomic mass is 79.9. The molecule has 0 radical (unpaired) electrons. The zero-order valence-electron chi connectivity index (χ0n) is 9.11. The van der Waals surface area contributed by atoms with Crippen molar-refractivity contribution in [1.82, 2.24) is 5.32 Å². The lowest BCUT2D eigenvalue weighted by Gasteiger charge is -2.18. The molecule has 1 rings (SSSR count). The van der Waals surface area contributed by atoms with Crippen LogP contribution in [-0.2, 0) is 6.42 Å². The van der Waals surface area contributed by atoms with Gasteiger partial charge in [-0.15, -0.1) is 0 Å². The second-order valence-electron chi connectivity index (χ2n) is 3.79. The first-order valence-corrected chi connectivity index (χ1v) is 5.78. The van der Waals surface area contributed by atoms with Crippen molar-refractivity contribution >= 4 is 15.9 Å². The number of likely N-dealkylation sites (N-methyl/N-ethyl adjacent to an activating group) is 1. The maximum Gasteiger partial charge on any atom is 0.390 e. The minimum atomic E-state index is -4.22. The van der Waals surface area contributed by atoms with E-state index in [2.05, 4.69) is 21.2 Å². The Morgan fingerprint density at radius 2 is 1.94 bits per heavy atom. The molecule has 0 aromatic heterocycles. The number of hydrogen-bond acceptors (Lipinski definition) is 1. The average molecular weight is 314 g/mol. The van der Waals surface area contributed by atoms with Gasteiger partial charge in [-0.1, -0.05) is 15.9 Å². The third-order valence-electron chi connectivity index (χ3n) is 2.29. The van der Waals surface area contributed by atoms with E-state index in [0.717, 1.165) is 0 Å². The van der Waals surface area contributed by atoms with E-state index < -0.39 is 24.5 Å². The number of hydrogen-bond donors (Lipinski definition) is 1. The van der Waals surface area contributed by atoms with Crippen LogP contribution in [0.2, 0.25) is 0 Å². The molecule has 1 unspecified atom stereocenters. The van der Waals surface area contributed by atoms with Crippen LogP contribution in [0.3, 0.4) is 0 Å². The fourth-order valence-corrected chi connectivity index (χ4v) is 2.08. The molecule has 0 bridgehead atoms. The Bertz CT molecular complexity index is 358. The Balaban J connectivity index is 2.73. The normalized spacial score (nSPS) is 13.8. The molecule has 17 heavy (non-hydrogen) atoms. The van der Waals surface area contributed by atoms with Crippen molar-refractivity contribution in [3.05, 3.63) is 34.1 Å². The molecule has 1 nitrogen and oxygen atoms in total. The summed E-state index contributed by atoms with van der Waals surface area (Å²) in [6.45, 7) is 0. The summed E-state index contributed by atoms with van der Waals surface area (Å²) >= 11 is 3.10. The molecule has 0 aliphatic rings. The van der Waals surface area contributed by atoms with Gasteiger partial charge in [0.05, 0.1) is 6.42 Å². The summed E-state index contributed by atoms with van der Waals surface area (Å²) in [5, 5.41) is 2.59. The van der Waals surface area contributed by atoms with Crippen LogP contribution in [0.1, 0.15) is 12.0 Å². The molecule has 6 heteroatoms. The zero-order chi connectivity index (χ0) is 13.1. The van der Waals surface area contributed by atoms with Crippen LogP contribution >= 0.6 is 15.9 Å². The van der Waals surface area contributed by atoms with Gasteiger partial charge >= 0.3 is 6.18 Å². The molecule has 96 valence electrons. The topological polar surface area (TPSA) is 12.0 Å². The van der Waals surface area contributed by atoms with Gasteiger partial charge in [-0.05, 0) is 37.2 Å². The Kier molecular flexibility index (Phi) is 4.94. The third kappa shape index (κ3) is 5.50. The fraction of sp³-hybridized carbons (Fsp3) is 0.455. The number of rotatable bonds is 4. The summed E-state index contributed by atoms with van der Waals surface area (Å²) in [4.78, 5) is 0. The quantitative estimate of drug-likeness (QED) is 0.836. The first-order valence-electron chi connectivity index (χ1n) is 4.99. The predicted molar refractivity (Wildman–Crippen MR) is 61.3 cm³/mol. The summed E-state index contributed by atoms with van der Waals surface area (Å²) < 4.78 is 50.3. The molecule has 1 aromatic rings. The number of nitrogens with one attached hydrogen (secondary N) is 1. The van der Waals surface area contributed by atoms with Gasteiger partial charge in [0.2, 0.25) is 0 Å². The molecule has 1 atom stereocenters. The molecule has 1 N–H and O–H groups in total. The van der Waals surface area contributed by atoms with Crippen molar-refractivity contribution in [2.75, 3.05) is 7.05 Å². The first-order chi connectivity index (χ1) is 7.80. The molecule has 0 amide bonds. The van der Waals surface area contributed by atoms with Crippen molar-refractivity contribution in [3.63, 3.8) is 0 Å². The van der Waals surface area contributed by atoms with E-state index in [9.17, 15) is 17.6 Å². The summed E-state index contributed by atoms with van der Waals surface area (Å²) in [7, 11) is 1.46. The van der Waals surface area contributed by atoms with Gasteiger partial charge in [0.1, 0.15) is 5.82 Å². The van der Waals surface area contributed by atoms with Crippen molar-refractivity contribution < 1.29 is 17.6 Å². The summed E-state index contributed by atoms with van der Waals surface area (Å²) in [5.74, 6) is -0.462. The van der Waals surface area contributed by atoms with Crippen LogP contribution in [0.25, 0.3) is 0 Å². The molecule has 0 aliphatic carbocycles. The Labute approximate surface area is 105 Å². The molecular formula is C11H12BrF4N. The van der Waals surface area contributed by atoms with E-state index in [4.69, 9.17) is 0 Å². The van der Waals surface area contributed by atoms with Crippen LogP contribution < -0.4 is 5.32 Å². The predicted octanol–water partition coefficient (Wildman–Crippen LogP) is 3.67. The second-order valence-corrected chi connectivity index (χ2v) is 4.70. The molecule has 1 aromatic carbocycles. The summed E-state index contributed by atoms with van der Waals surface area (Å²) in [6.07, 6.45) is -5.03. The van der Waals surface area contributed by atoms with E-state index in [1.807, 2.05) is 0 Å². The van der Waals surface area contributed by atoms with Gasteiger partial charge in [0.15, 0.2) is 0 Å². The minimum Gasteiger partial charge on any atom is -0.316 e. The van der Waals surface area contributed by atoms with Gasteiger partial charge in [0, 0.05) is 10.5 Å². The molecule has 0 saturated carbocycles. The van der Waals surface area contributed by atoms with Crippen LogP contribution in [0.15, 0.2) is 22.7 Å². The molecule has 0 spiro atoms. The van der Waals surface area contributed by atoms with Crippen LogP contribution in [-0.4, -0.2) is 19.3 Å². The van der Waals surface area contributed by atoms with Crippen molar-refractivity contribution in [2.24, 2.45) is 0 Å². The average Bonchev–Trinajstić information content (AvgIpc) is 2.12. The Morgan fingerprint density at radius 3 is 2.41 bits per heavy atom. The molecule has 0 fully saturated rings. The maximum atomic E-state index is 13.0. The molecule has 0 aliphatic heterocycles. The molecule has 0 saturated heterocycles. The number of benzene rings is 1. The lowest BCUT2D eigenvalue weighted by atomic mass is 10.0. The van der Waals surface area contributed by atoms with Gasteiger partial charge in [0.25, 0.3) is 0 Å². The van der Waals surface area contributed by atoms with Gasteiger partial charge in [-0.2, -0.15) is 13.2 Å². The fourth-order valence-electron chi connectivity index (χ4n) is 1.57. The Hall–Kier alpha value is -0.620. The van der Waals surface area contributed by atoms with Crippen molar-refractivity contribution in [2.45, 2.75) is 25.1 Å². The van der Waals surface area contributed by atoms with E-state index in [1.54, 1.807) is 6.07 Å². The van der Waals surface area contributed by atoms with Crippen molar-refractivity contribution in [1.29, 1.82) is 0 Å². The van der Waals surface area contributed by atoms with Gasteiger partial charge in [-0.3, -0.25) is 0 Å². The molecule has 0 heterocycles. The van der Waals surface area contributed by atoms with Crippen LogP contribution in [0.5, 0.6) is 0 Å².